The molecule has 34 heavy (non-hydrogen) atoms. The minimum absolute atomic E-state index is 0.0287. The molecule has 0 saturated carbocycles. The summed E-state index contributed by atoms with van der Waals surface area (Å²) in [5.41, 5.74) is 5.40. The number of aryl methyl sites for hydroxylation is 2. The Morgan fingerprint density at radius 2 is 1.85 bits per heavy atom. The molecule has 0 aliphatic carbocycles. The van der Waals surface area contributed by atoms with Gasteiger partial charge in [-0.15, -0.1) is 0 Å². The second-order valence-electron chi connectivity index (χ2n) is 8.49. The number of rotatable bonds is 7. The molecule has 0 radical (unpaired) electrons. The fraction of sp³-hybridized carbons (Fsp3) is 0.280. The van der Waals surface area contributed by atoms with Gasteiger partial charge in [0.05, 0.1) is 41.6 Å². The highest BCUT2D eigenvalue weighted by Crippen LogP contribution is 2.25. The SMILES string of the molecule is Cc1ccc(-c2cc(C(=O)NCc3cnc(C)cn3)cc(-n3ncnc3C(C)N(C)C)c2)nc1. The van der Waals surface area contributed by atoms with Crippen LogP contribution in [0, 0.1) is 13.8 Å². The monoisotopic (exact) mass is 456 g/mol. The molecule has 9 heteroatoms. The number of hydrogen-bond donors (Lipinski definition) is 1. The van der Waals surface area contributed by atoms with Crippen molar-refractivity contribution in [3.05, 3.63) is 83.6 Å². The molecule has 1 atom stereocenters. The number of carbonyl (C=O) groups excluding carboxylic acids is 1. The first-order valence-corrected chi connectivity index (χ1v) is 11.0. The lowest BCUT2D eigenvalue weighted by atomic mass is 10.0. The van der Waals surface area contributed by atoms with Crippen LogP contribution in [0.4, 0.5) is 0 Å². The Kier molecular flexibility index (Phi) is 6.74. The lowest BCUT2D eigenvalue weighted by molar-refractivity contribution is 0.0950. The molecule has 0 aliphatic rings. The lowest BCUT2D eigenvalue weighted by Gasteiger charge is -2.20. The maximum absolute atomic E-state index is 13.1. The van der Waals surface area contributed by atoms with Crippen molar-refractivity contribution in [3.8, 4) is 16.9 Å². The van der Waals surface area contributed by atoms with Gasteiger partial charge >= 0.3 is 0 Å². The van der Waals surface area contributed by atoms with E-state index in [1.807, 2.05) is 64.5 Å². The van der Waals surface area contributed by atoms with Gasteiger partial charge in [-0.25, -0.2) is 9.67 Å². The third kappa shape index (κ3) is 5.15. The van der Waals surface area contributed by atoms with Crippen LogP contribution in [-0.4, -0.2) is 54.6 Å². The summed E-state index contributed by atoms with van der Waals surface area (Å²) in [6, 6.07) is 9.60. The quantitative estimate of drug-likeness (QED) is 0.455. The summed E-state index contributed by atoms with van der Waals surface area (Å²) in [6.45, 7) is 6.20. The summed E-state index contributed by atoms with van der Waals surface area (Å²) in [4.78, 5) is 32.8. The largest absolute Gasteiger partial charge is 0.346 e. The van der Waals surface area contributed by atoms with Gasteiger partial charge in [0.1, 0.15) is 12.2 Å². The molecule has 9 nitrogen and oxygen atoms in total. The number of aromatic nitrogens is 6. The Bertz CT molecular complexity index is 1280. The van der Waals surface area contributed by atoms with Crippen LogP contribution in [0.15, 0.2) is 55.2 Å². The molecule has 3 aromatic heterocycles. The predicted molar refractivity (Wildman–Crippen MR) is 129 cm³/mol. The average Bonchev–Trinajstić information content (AvgIpc) is 3.33. The van der Waals surface area contributed by atoms with Crippen molar-refractivity contribution >= 4 is 5.91 Å². The smallest absolute Gasteiger partial charge is 0.251 e. The molecule has 1 aromatic carbocycles. The van der Waals surface area contributed by atoms with Gasteiger partial charge in [-0.2, -0.15) is 5.10 Å². The topological polar surface area (TPSA) is 102 Å². The van der Waals surface area contributed by atoms with E-state index in [1.54, 1.807) is 17.1 Å². The first-order chi connectivity index (χ1) is 16.3. The second-order valence-corrected chi connectivity index (χ2v) is 8.49. The van der Waals surface area contributed by atoms with E-state index in [0.29, 0.717) is 11.3 Å². The van der Waals surface area contributed by atoms with E-state index < -0.39 is 0 Å². The first-order valence-electron chi connectivity index (χ1n) is 11.0. The number of nitrogens with one attached hydrogen (secondary N) is 1. The molecule has 0 saturated heterocycles. The van der Waals surface area contributed by atoms with E-state index in [9.17, 15) is 4.79 Å². The van der Waals surface area contributed by atoms with Crippen molar-refractivity contribution in [2.24, 2.45) is 0 Å². The molecule has 1 amide bonds. The van der Waals surface area contributed by atoms with Gasteiger partial charge in [0.15, 0.2) is 0 Å². The third-order valence-corrected chi connectivity index (χ3v) is 5.62. The van der Waals surface area contributed by atoms with Gasteiger partial charge in [-0.3, -0.25) is 24.6 Å². The minimum atomic E-state index is -0.222. The van der Waals surface area contributed by atoms with Crippen molar-refractivity contribution < 1.29 is 4.79 Å². The Morgan fingerprint density at radius 3 is 2.53 bits per heavy atom. The predicted octanol–water partition coefficient (Wildman–Crippen LogP) is 3.29. The minimum Gasteiger partial charge on any atom is -0.346 e. The van der Waals surface area contributed by atoms with Crippen molar-refractivity contribution in [2.45, 2.75) is 33.4 Å². The molecular weight excluding hydrogens is 428 g/mol. The Balaban J connectivity index is 1.72. The summed E-state index contributed by atoms with van der Waals surface area (Å²) < 4.78 is 1.77. The van der Waals surface area contributed by atoms with Crippen LogP contribution in [0.1, 0.15) is 46.1 Å². The van der Waals surface area contributed by atoms with E-state index in [-0.39, 0.29) is 18.5 Å². The average molecular weight is 457 g/mol. The van der Waals surface area contributed by atoms with Crippen LogP contribution >= 0.6 is 0 Å². The zero-order valence-electron chi connectivity index (χ0n) is 20.0. The summed E-state index contributed by atoms with van der Waals surface area (Å²) in [7, 11) is 3.98. The molecule has 0 fully saturated rings. The second kappa shape index (κ2) is 9.88. The standard InChI is InChI=1S/C25H28N8O/c1-16-6-7-23(28-11-16)19-8-20(25(34)29-14-21-13-26-17(2)12-27-21)10-22(9-19)33-24(30-15-31-33)18(3)32(4)5/h6-13,15,18H,14H2,1-5H3,(H,29,34). The van der Waals surface area contributed by atoms with Crippen LogP contribution < -0.4 is 5.32 Å². The molecule has 4 rings (SSSR count). The molecular formula is C25H28N8O. The number of amides is 1. The van der Waals surface area contributed by atoms with Gasteiger partial charge < -0.3 is 5.32 Å². The fourth-order valence-electron chi connectivity index (χ4n) is 3.40. The summed E-state index contributed by atoms with van der Waals surface area (Å²) in [5, 5.41) is 7.38. The summed E-state index contributed by atoms with van der Waals surface area (Å²) in [6.07, 6.45) is 6.69. The van der Waals surface area contributed by atoms with Crippen molar-refractivity contribution in [2.75, 3.05) is 14.1 Å². The molecule has 1 N–H and O–H groups in total. The highest BCUT2D eigenvalue weighted by molar-refractivity contribution is 5.96. The maximum atomic E-state index is 13.1. The molecule has 4 aromatic rings. The van der Waals surface area contributed by atoms with Crippen LogP contribution in [0.5, 0.6) is 0 Å². The molecule has 3 heterocycles. The summed E-state index contributed by atoms with van der Waals surface area (Å²) in [5.74, 6) is 0.556. The fourth-order valence-corrected chi connectivity index (χ4v) is 3.40. The Morgan fingerprint density at radius 1 is 1.03 bits per heavy atom. The van der Waals surface area contributed by atoms with Gasteiger partial charge in [-0.05, 0) is 64.7 Å². The van der Waals surface area contributed by atoms with Crippen LogP contribution in [-0.2, 0) is 6.54 Å². The van der Waals surface area contributed by atoms with E-state index in [2.05, 4.69) is 42.2 Å². The number of nitrogens with zero attached hydrogens (tertiary/aromatic N) is 7. The number of pyridine rings is 1. The molecule has 0 aliphatic heterocycles. The lowest BCUT2D eigenvalue weighted by Crippen LogP contribution is -2.24. The first kappa shape index (κ1) is 23.2. The zero-order valence-corrected chi connectivity index (χ0v) is 20.0. The van der Waals surface area contributed by atoms with Crippen molar-refractivity contribution in [3.63, 3.8) is 0 Å². The molecule has 174 valence electrons. The van der Waals surface area contributed by atoms with Gasteiger partial charge in [-0.1, -0.05) is 6.07 Å². The van der Waals surface area contributed by atoms with E-state index in [1.165, 1.54) is 6.33 Å². The van der Waals surface area contributed by atoms with E-state index >= 15 is 0 Å². The highest BCUT2D eigenvalue weighted by Gasteiger charge is 2.19. The Hall–Kier alpha value is -3.98. The van der Waals surface area contributed by atoms with E-state index in [4.69, 9.17) is 0 Å². The van der Waals surface area contributed by atoms with Crippen LogP contribution in [0.25, 0.3) is 16.9 Å². The third-order valence-electron chi connectivity index (χ3n) is 5.62. The number of carbonyl (C=O) groups is 1. The normalized spacial score (nSPS) is 12.1. The molecule has 0 spiro atoms. The zero-order chi connectivity index (χ0) is 24.2. The van der Waals surface area contributed by atoms with Crippen LogP contribution in [0.3, 0.4) is 0 Å². The number of benzene rings is 1. The van der Waals surface area contributed by atoms with Gasteiger partial charge in [0.25, 0.3) is 5.91 Å². The molecule has 0 bridgehead atoms. The van der Waals surface area contributed by atoms with Crippen molar-refractivity contribution in [1.82, 2.24) is 39.9 Å². The van der Waals surface area contributed by atoms with Crippen molar-refractivity contribution in [1.29, 1.82) is 0 Å². The molecule has 1 unspecified atom stereocenters. The maximum Gasteiger partial charge on any atom is 0.251 e. The number of hydrogen-bond acceptors (Lipinski definition) is 7. The van der Waals surface area contributed by atoms with Crippen LogP contribution in [0.2, 0.25) is 0 Å². The van der Waals surface area contributed by atoms with Gasteiger partial charge in [0, 0.05) is 23.5 Å². The van der Waals surface area contributed by atoms with E-state index in [0.717, 1.165) is 34.0 Å². The van der Waals surface area contributed by atoms with Gasteiger partial charge in [0.2, 0.25) is 0 Å². The highest BCUT2D eigenvalue weighted by atomic mass is 16.1. The summed E-state index contributed by atoms with van der Waals surface area (Å²) >= 11 is 0. The Labute approximate surface area is 198 Å².